The van der Waals surface area contributed by atoms with E-state index in [9.17, 15) is 14.0 Å². The zero-order valence-electron chi connectivity index (χ0n) is 16.1. The highest BCUT2D eigenvalue weighted by Crippen LogP contribution is 2.39. The molecule has 0 saturated carbocycles. The van der Waals surface area contributed by atoms with Crippen molar-refractivity contribution in [2.45, 2.75) is 18.6 Å². The lowest BCUT2D eigenvalue weighted by molar-refractivity contribution is -0.0597. The minimum atomic E-state index is -0.728. The molecule has 2 amide bonds. The number of Topliss-reactive ketones (excluding diaryl/α,β-unsaturated/α-hetero) is 1. The molecule has 0 unspecified atom stereocenters. The van der Waals surface area contributed by atoms with Crippen molar-refractivity contribution in [3.8, 4) is 5.75 Å². The van der Waals surface area contributed by atoms with E-state index in [4.69, 9.17) is 4.74 Å². The molecule has 9 heteroatoms. The first-order chi connectivity index (χ1) is 14.3. The number of aryl methyl sites for hydroxylation is 1. The number of hydrogen-bond acceptors (Lipinski definition) is 4. The van der Waals surface area contributed by atoms with Crippen molar-refractivity contribution in [2.24, 2.45) is 7.05 Å². The fourth-order valence-electron chi connectivity index (χ4n) is 4.08. The Bertz CT molecular complexity index is 1200. The van der Waals surface area contributed by atoms with Gasteiger partial charge in [0, 0.05) is 35.8 Å². The van der Waals surface area contributed by atoms with Gasteiger partial charge >= 0.3 is 6.03 Å². The maximum atomic E-state index is 13.4. The van der Waals surface area contributed by atoms with Gasteiger partial charge in [-0.1, -0.05) is 0 Å². The maximum Gasteiger partial charge on any atom is 0.317 e. The molecule has 5 rings (SSSR count). The van der Waals surface area contributed by atoms with Crippen LogP contribution in [0, 0.1) is 5.82 Å². The number of carbonyl (C=O) groups excluding carboxylic acids is 2. The topological polar surface area (TPSA) is 76.5 Å². The molecule has 0 radical (unpaired) electrons. The SMILES string of the molecule is Cn1cc(Br)c2cc(CNC(=O)N3CC4(CC(=O)c5cc(F)ccc5O4)C3)cnc21. The van der Waals surface area contributed by atoms with E-state index in [1.165, 1.54) is 18.2 Å². The van der Waals surface area contributed by atoms with Gasteiger partial charge < -0.3 is 19.5 Å². The molecule has 7 nitrogen and oxygen atoms in total. The Hall–Kier alpha value is -2.94. The van der Waals surface area contributed by atoms with Gasteiger partial charge in [-0.25, -0.2) is 14.2 Å². The second kappa shape index (κ2) is 6.80. The highest BCUT2D eigenvalue weighted by molar-refractivity contribution is 9.10. The number of benzene rings is 1. The molecule has 1 spiro atoms. The number of ether oxygens (including phenoxy) is 1. The molecular formula is C21H18BrFN4O3. The second-order valence-corrected chi connectivity index (χ2v) is 8.70. The number of hydrogen-bond donors (Lipinski definition) is 1. The van der Waals surface area contributed by atoms with Crippen LogP contribution in [-0.4, -0.2) is 45.0 Å². The van der Waals surface area contributed by atoms with Crippen molar-refractivity contribution >= 4 is 38.8 Å². The van der Waals surface area contributed by atoms with Crippen LogP contribution in [0.5, 0.6) is 5.75 Å². The first-order valence-electron chi connectivity index (χ1n) is 9.48. The van der Waals surface area contributed by atoms with Crippen LogP contribution in [-0.2, 0) is 13.6 Å². The molecule has 0 atom stereocenters. The van der Waals surface area contributed by atoms with E-state index in [0.29, 0.717) is 25.4 Å². The maximum absolute atomic E-state index is 13.4. The highest BCUT2D eigenvalue weighted by atomic mass is 79.9. The number of urea groups is 1. The number of ketones is 1. The van der Waals surface area contributed by atoms with E-state index in [1.807, 2.05) is 23.9 Å². The van der Waals surface area contributed by atoms with Crippen molar-refractivity contribution in [3.05, 3.63) is 58.1 Å². The fraction of sp³-hybridized carbons (Fsp3) is 0.286. The number of likely N-dealkylation sites (tertiary alicyclic amines) is 1. The zero-order chi connectivity index (χ0) is 21.0. The molecule has 0 bridgehead atoms. The summed E-state index contributed by atoms with van der Waals surface area (Å²) in [5, 5.41) is 3.87. The van der Waals surface area contributed by atoms with Crippen molar-refractivity contribution in [3.63, 3.8) is 0 Å². The Morgan fingerprint density at radius 3 is 2.97 bits per heavy atom. The van der Waals surface area contributed by atoms with Crippen LogP contribution in [0.3, 0.4) is 0 Å². The average molecular weight is 473 g/mol. The molecule has 4 heterocycles. The first-order valence-corrected chi connectivity index (χ1v) is 10.3. The standard InChI is InChI=1S/C21H18BrFN4O3/c1-26-9-16(22)14-4-12(7-24-19(14)26)8-25-20(29)27-10-21(11-27)6-17(28)15-5-13(23)2-3-18(15)30-21/h2-5,7,9H,6,8,10-11H2,1H3,(H,25,29). The Morgan fingerprint density at radius 1 is 1.37 bits per heavy atom. The van der Waals surface area contributed by atoms with Crippen LogP contribution in [0.1, 0.15) is 22.3 Å². The quantitative estimate of drug-likeness (QED) is 0.619. The van der Waals surface area contributed by atoms with Gasteiger partial charge in [-0.15, -0.1) is 0 Å². The van der Waals surface area contributed by atoms with Gasteiger partial charge in [0.25, 0.3) is 0 Å². The van der Waals surface area contributed by atoms with E-state index < -0.39 is 11.4 Å². The van der Waals surface area contributed by atoms with E-state index >= 15 is 0 Å². The largest absolute Gasteiger partial charge is 0.482 e. The fourth-order valence-corrected chi connectivity index (χ4v) is 4.68. The lowest BCUT2D eigenvalue weighted by atomic mass is 9.84. The molecular weight excluding hydrogens is 455 g/mol. The highest BCUT2D eigenvalue weighted by Gasteiger charge is 2.51. The van der Waals surface area contributed by atoms with Gasteiger partial charge in [0.2, 0.25) is 0 Å². The summed E-state index contributed by atoms with van der Waals surface area (Å²) in [5.41, 5.74) is 1.28. The molecule has 2 aliphatic rings. The number of pyridine rings is 1. The smallest absolute Gasteiger partial charge is 0.317 e. The Labute approximate surface area is 179 Å². The number of nitrogens with zero attached hydrogens (tertiary/aromatic N) is 3. The molecule has 3 aromatic rings. The number of halogens is 2. The lowest BCUT2D eigenvalue weighted by Crippen LogP contribution is -2.69. The van der Waals surface area contributed by atoms with Crippen molar-refractivity contribution < 1.29 is 18.7 Å². The van der Waals surface area contributed by atoms with E-state index in [2.05, 4.69) is 26.2 Å². The van der Waals surface area contributed by atoms with Crippen molar-refractivity contribution in [1.29, 1.82) is 0 Å². The minimum absolute atomic E-state index is 0.135. The molecule has 0 aliphatic carbocycles. The number of carbonyl (C=O) groups is 2. The normalized spacial score (nSPS) is 16.9. The van der Waals surface area contributed by atoms with Gasteiger partial charge in [-0.3, -0.25) is 4.79 Å². The summed E-state index contributed by atoms with van der Waals surface area (Å²) < 4.78 is 22.2. The molecule has 1 fully saturated rings. The van der Waals surface area contributed by atoms with Gasteiger partial charge in [-0.2, -0.15) is 0 Å². The number of amides is 2. The van der Waals surface area contributed by atoms with Crippen LogP contribution >= 0.6 is 15.9 Å². The third-order valence-electron chi connectivity index (χ3n) is 5.56. The molecule has 2 aliphatic heterocycles. The summed E-state index contributed by atoms with van der Waals surface area (Å²) in [6.45, 7) is 0.959. The predicted octanol–water partition coefficient (Wildman–Crippen LogP) is 3.40. The summed E-state index contributed by atoms with van der Waals surface area (Å²) in [5.74, 6) is -0.254. The zero-order valence-corrected chi connectivity index (χ0v) is 17.7. The van der Waals surface area contributed by atoms with Gasteiger partial charge in [0.05, 0.1) is 25.1 Å². The number of aromatic nitrogens is 2. The summed E-state index contributed by atoms with van der Waals surface area (Å²) in [7, 11) is 1.92. The van der Waals surface area contributed by atoms with Crippen LogP contribution in [0.25, 0.3) is 11.0 Å². The predicted molar refractivity (Wildman–Crippen MR) is 111 cm³/mol. The summed E-state index contributed by atoms with van der Waals surface area (Å²) in [6, 6.07) is 5.70. The van der Waals surface area contributed by atoms with Crippen LogP contribution in [0.2, 0.25) is 0 Å². The molecule has 2 aromatic heterocycles. The lowest BCUT2D eigenvalue weighted by Gasteiger charge is -2.50. The van der Waals surface area contributed by atoms with Crippen LogP contribution in [0.15, 0.2) is 41.1 Å². The minimum Gasteiger partial charge on any atom is -0.482 e. The van der Waals surface area contributed by atoms with Gasteiger partial charge in [0.15, 0.2) is 11.4 Å². The summed E-state index contributed by atoms with van der Waals surface area (Å²) in [4.78, 5) is 31.0. The number of fused-ring (bicyclic) bond motifs is 2. The van der Waals surface area contributed by atoms with E-state index in [0.717, 1.165) is 21.1 Å². The molecule has 1 N–H and O–H groups in total. The molecule has 30 heavy (non-hydrogen) atoms. The monoisotopic (exact) mass is 472 g/mol. The Morgan fingerprint density at radius 2 is 2.17 bits per heavy atom. The van der Waals surface area contributed by atoms with Crippen LogP contribution in [0.4, 0.5) is 9.18 Å². The van der Waals surface area contributed by atoms with Crippen molar-refractivity contribution in [2.75, 3.05) is 13.1 Å². The van der Waals surface area contributed by atoms with Crippen molar-refractivity contribution in [1.82, 2.24) is 19.8 Å². The Kier molecular flexibility index (Phi) is 4.32. The molecule has 1 saturated heterocycles. The third kappa shape index (κ3) is 3.13. The molecule has 154 valence electrons. The summed E-state index contributed by atoms with van der Waals surface area (Å²) in [6.07, 6.45) is 3.82. The van der Waals surface area contributed by atoms with Gasteiger partial charge in [0.1, 0.15) is 17.2 Å². The summed E-state index contributed by atoms with van der Waals surface area (Å²) >= 11 is 3.52. The second-order valence-electron chi connectivity index (χ2n) is 7.84. The number of rotatable bonds is 2. The van der Waals surface area contributed by atoms with E-state index in [1.54, 1.807) is 11.1 Å². The first kappa shape index (κ1) is 19.0. The van der Waals surface area contributed by atoms with Crippen LogP contribution < -0.4 is 10.1 Å². The van der Waals surface area contributed by atoms with Gasteiger partial charge in [-0.05, 0) is 45.8 Å². The van der Waals surface area contributed by atoms with E-state index in [-0.39, 0.29) is 23.8 Å². The average Bonchev–Trinajstić information content (AvgIpc) is 2.98. The molecule has 1 aromatic carbocycles. The third-order valence-corrected chi connectivity index (χ3v) is 6.19. The number of nitrogens with one attached hydrogen (secondary N) is 1. The Balaban J connectivity index is 1.22.